The zero-order valence-corrected chi connectivity index (χ0v) is 13.9. The predicted octanol–water partition coefficient (Wildman–Crippen LogP) is 1.68. The normalized spacial score (nSPS) is 14.6. The Morgan fingerprint density at radius 3 is 2.60 bits per heavy atom. The van der Waals surface area contributed by atoms with Crippen molar-refractivity contribution in [3.63, 3.8) is 0 Å². The second kappa shape index (κ2) is 6.66. The third-order valence-corrected chi connectivity index (χ3v) is 5.36. The number of amides is 1. The van der Waals surface area contributed by atoms with E-state index in [1.54, 1.807) is 30.3 Å². The van der Waals surface area contributed by atoms with Crippen LogP contribution in [0.2, 0.25) is 0 Å². The number of carbonyl (C=O) groups is 2. The number of sulfonamides is 1. The molecule has 0 unspecified atom stereocenters. The van der Waals surface area contributed by atoms with Gasteiger partial charge in [0.15, 0.2) is 0 Å². The lowest BCUT2D eigenvalue weighted by atomic mass is 10.1. The second-order valence-electron chi connectivity index (χ2n) is 5.73. The van der Waals surface area contributed by atoms with Gasteiger partial charge in [0, 0.05) is 5.69 Å². The van der Waals surface area contributed by atoms with Crippen LogP contribution in [0.3, 0.4) is 0 Å². The van der Waals surface area contributed by atoms with Crippen molar-refractivity contribution in [1.82, 2.24) is 4.72 Å². The first kappa shape index (κ1) is 17.1. The van der Waals surface area contributed by atoms with Crippen molar-refractivity contribution in [3.8, 4) is 0 Å². The molecule has 0 bridgehead atoms. The van der Waals surface area contributed by atoms with E-state index in [2.05, 4.69) is 10.0 Å². The number of carboxylic acid groups (broad SMARTS) is 1. The van der Waals surface area contributed by atoms with Gasteiger partial charge in [-0.1, -0.05) is 30.3 Å². The fraction of sp³-hybridized carbons (Fsp3) is 0.176. The van der Waals surface area contributed by atoms with Gasteiger partial charge in [-0.15, -0.1) is 0 Å². The van der Waals surface area contributed by atoms with E-state index < -0.39 is 22.0 Å². The largest absolute Gasteiger partial charge is 0.481 e. The summed E-state index contributed by atoms with van der Waals surface area (Å²) in [6.45, 7) is 0. The van der Waals surface area contributed by atoms with Crippen LogP contribution >= 0.6 is 0 Å². The number of carbonyl (C=O) groups excluding carboxylic acids is 1. The number of hydrogen-bond donors (Lipinski definition) is 3. The average Bonchev–Trinajstić information content (AvgIpc) is 2.93. The van der Waals surface area contributed by atoms with Gasteiger partial charge in [0.25, 0.3) is 0 Å². The maximum atomic E-state index is 12.7. The summed E-state index contributed by atoms with van der Waals surface area (Å²) >= 11 is 0. The molecule has 1 heterocycles. The van der Waals surface area contributed by atoms with Gasteiger partial charge in [-0.05, 0) is 29.3 Å². The van der Waals surface area contributed by atoms with Crippen LogP contribution in [0.25, 0.3) is 0 Å². The quantitative estimate of drug-likeness (QED) is 0.725. The van der Waals surface area contributed by atoms with Gasteiger partial charge in [0.05, 0.1) is 23.8 Å². The lowest BCUT2D eigenvalue weighted by molar-refractivity contribution is -0.137. The van der Waals surface area contributed by atoms with Crippen molar-refractivity contribution in [2.75, 3.05) is 5.32 Å². The van der Waals surface area contributed by atoms with E-state index in [-0.39, 0.29) is 23.6 Å². The molecule has 0 spiro atoms. The molecule has 0 saturated carbocycles. The molecular formula is C17H16N2O5S. The Hall–Kier alpha value is -2.71. The van der Waals surface area contributed by atoms with Gasteiger partial charge < -0.3 is 10.4 Å². The van der Waals surface area contributed by atoms with Crippen LogP contribution in [-0.4, -0.2) is 25.4 Å². The van der Waals surface area contributed by atoms with Crippen molar-refractivity contribution in [3.05, 3.63) is 59.7 Å². The molecule has 1 amide bonds. The molecule has 2 aromatic rings. The van der Waals surface area contributed by atoms with Gasteiger partial charge in [0.2, 0.25) is 15.9 Å². The first-order valence-electron chi connectivity index (χ1n) is 7.57. The van der Waals surface area contributed by atoms with Crippen molar-refractivity contribution < 1.29 is 23.1 Å². The Morgan fingerprint density at radius 2 is 1.92 bits per heavy atom. The number of rotatable bonds is 6. The van der Waals surface area contributed by atoms with Gasteiger partial charge in [-0.2, -0.15) is 0 Å². The molecule has 0 radical (unpaired) electrons. The first-order valence-corrected chi connectivity index (χ1v) is 9.05. The maximum absolute atomic E-state index is 12.7. The molecule has 130 valence electrons. The molecule has 1 aliphatic rings. The Balaban J connectivity index is 1.90. The minimum Gasteiger partial charge on any atom is -0.481 e. The highest BCUT2D eigenvalue weighted by Gasteiger charge is 2.26. The summed E-state index contributed by atoms with van der Waals surface area (Å²) in [5.41, 5.74) is 1.75. The van der Waals surface area contributed by atoms with E-state index in [4.69, 9.17) is 5.11 Å². The Bertz CT molecular complexity index is 925. The fourth-order valence-corrected chi connectivity index (χ4v) is 3.99. The summed E-state index contributed by atoms with van der Waals surface area (Å²) in [5, 5.41) is 11.7. The van der Waals surface area contributed by atoms with Crippen LogP contribution in [0.5, 0.6) is 0 Å². The summed E-state index contributed by atoms with van der Waals surface area (Å²) < 4.78 is 27.8. The monoisotopic (exact) mass is 360 g/mol. The number of nitrogens with one attached hydrogen (secondary N) is 2. The van der Waals surface area contributed by atoms with Crippen molar-refractivity contribution in [1.29, 1.82) is 0 Å². The van der Waals surface area contributed by atoms with E-state index in [1.807, 2.05) is 0 Å². The summed E-state index contributed by atoms with van der Waals surface area (Å²) in [6.07, 6.45) is -0.260. The van der Waals surface area contributed by atoms with Crippen LogP contribution in [0.4, 0.5) is 5.69 Å². The van der Waals surface area contributed by atoms with Crippen LogP contribution < -0.4 is 10.0 Å². The van der Waals surface area contributed by atoms with Crippen molar-refractivity contribution >= 4 is 27.6 Å². The highest BCUT2D eigenvalue weighted by atomic mass is 32.2. The van der Waals surface area contributed by atoms with E-state index in [0.29, 0.717) is 16.8 Å². The molecule has 3 rings (SSSR count). The van der Waals surface area contributed by atoms with Crippen LogP contribution in [0.15, 0.2) is 53.4 Å². The SMILES string of the molecule is O=C(O)C[C@@H](NS(=O)(=O)c1ccc2c(c1)CC(=O)N2)c1ccccc1. The lowest BCUT2D eigenvalue weighted by Crippen LogP contribution is -2.30. The minimum atomic E-state index is -3.94. The van der Waals surface area contributed by atoms with Crippen LogP contribution in [-0.2, 0) is 26.0 Å². The smallest absolute Gasteiger partial charge is 0.305 e. The highest BCUT2D eigenvalue weighted by molar-refractivity contribution is 7.89. The van der Waals surface area contributed by atoms with E-state index >= 15 is 0 Å². The second-order valence-corrected chi connectivity index (χ2v) is 7.44. The predicted molar refractivity (Wildman–Crippen MR) is 90.5 cm³/mol. The van der Waals surface area contributed by atoms with Gasteiger partial charge in [0.1, 0.15) is 0 Å². The first-order chi connectivity index (χ1) is 11.8. The topological polar surface area (TPSA) is 113 Å². The zero-order chi connectivity index (χ0) is 18.0. The number of anilines is 1. The van der Waals surface area contributed by atoms with Gasteiger partial charge in [-0.25, -0.2) is 13.1 Å². The van der Waals surface area contributed by atoms with E-state index in [0.717, 1.165) is 0 Å². The molecule has 8 heteroatoms. The van der Waals surface area contributed by atoms with Crippen molar-refractivity contribution in [2.45, 2.75) is 23.8 Å². The molecule has 0 fully saturated rings. The Morgan fingerprint density at radius 1 is 1.20 bits per heavy atom. The number of aliphatic carboxylic acids is 1. The van der Waals surface area contributed by atoms with Gasteiger partial charge >= 0.3 is 5.97 Å². The molecule has 1 aliphatic heterocycles. The standard InChI is InChI=1S/C17H16N2O5S/c20-16-9-12-8-13(6-7-14(12)18-16)25(23,24)19-15(10-17(21)22)11-4-2-1-3-5-11/h1-8,15,19H,9-10H2,(H,18,20)(H,21,22)/t15-/m1/s1. The summed E-state index contributed by atoms with van der Waals surface area (Å²) in [7, 11) is -3.94. The van der Waals surface area contributed by atoms with E-state index in [9.17, 15) is 18.0 Å². The molecule has 1 atom stereocenters. The van der Waals surface area contributed by atoms with Crippen LogP contribution in [0.1, 0.15) is 23.6 Å². The highest BCUT2D eigenvalue weighted by Crippen LogP contribution is 2.27. The lowest BCUT2D eigenvalue weighted by Gasteiger charge is -2.18. The van der Waals surface area contributed by atoms with Gasteiger partial charge in [-0.3, -0.25) is 9.59 Å². The summed E-state index contributed by atoms with van der Waals surface area (Å²) in [5.74, 6) is -1.30. The third-order valence-electron chi connectivity index (χ3n) is 3.89. The number of fused-ring (bicyclic) bond motifs is 1. The number of benzene rings is 2. The number of hydrogen-bond acceptors (Lipinski definition) is 4. The molecule has 0 aromatic heterocycles. The average molecular weight is 360 g/mol. The van der Waals surface area contributed by atoms with Crippen LogP contribution in [0, 0.1) is 0 Å². The molecule has 0 aliphatic carbocycles. The molecular weight excluding hydrogens is 344 g/mol. The number of carboxylic acids is 1. The van der Waals surface area contributed by atoms with E-state index in [1.165, 1.54) is 18.2 Å². The minimum absolute atomic E-state index is 0.00549. The molecule has 25 heavy (non-hydrogen) atoms. The fourth-order valence-electron chi connectivity index (χ4n) is 2.72. The molecule has 2 aromatic carbocycles. The maximum Gasteiger partial charge on any atom is 0.305 e. The Kier molecular flexibility index (Phi) is 4.56. The molecule has 3 N–H and O–H groups in total. The summed E-state index contributed by atoms with van der Waals surface area (Å²) in [4.78, 5) is 22.5. The summed E-state index contributed by atoms with van der Waals surface area (Å²) in [6, 6.07) is 12.0. The zero-order valence-electron chi connectivity index (χ0n) is 13.1. The molecule has 0 saturated heterocycles. The van der Waals surface area contributed by atoms with Crippen molar-refractivity contribution in [2.24, 2.45) is 0 Å². The third kappa shape index (κ3) is 3.86. The molecule has 7 nitrogen and oxygen atoms in total. The Labute approximate surface area is 144 Å².